The summed E-state index contributed by atoms with van der Waals surface area (Å²) in [6.07, 6.45) is 2.82. The number of aryl methyl sites for hydroxylation is 1. The third kappa shape index (κ3) is 4.33. The molecule has 0 atom stereocenters. The van der Waals surface area contributed by atoms with Crippen molar-refractivity contribution in [3.63, 3.8) is 0 Å². The van der Waals surface area contributed by atoms with Gasteiger partial charge >= 0.3 is 11.7 Å². The van der Waals surface area contributed by atoms with Gasteiger partial charge in [0.25, 0.3) is 0 Å². The quantitative estimate of drug-likeness (QED) is 0.453. The zero-order valence-corrected chi connectivity index (χ0v) is 15.3. The number of pyridine rings is 1. The minimum Gasteiger partial charge on any atom is -0.490 e. The summed E-state index contributed by atoms with van der Waals surface area (Å²) in [6, 6.07) is 9.10. The summed E-state index contributed by atoms with van der Waals surface area (Å²) in [5.74, 6) is 0.439. The van der Waals surface area contributed by atoms with E-state index >= 15 is 0 Å². The number of carbonyl (C=O) groups is 1. The number of carbonyl (C=O) groups excluding carboxylic acids is 1. The van der Waals surface area contributed by atoms with Gasteiger partial charge in [-0.1, -0.05) is 17.7 Å². The predicted molar refractivity (Wildman–Crippen MR) is 99.3 cm³/mol. The van der Waals surface area contributed by atoms with Crippen LogP contribution in [0, 0.1) is 17.0 Å². The summed E-state index contributed by atoms with van der Waals surface area (Å²) in [5.41, 5.74) is 1.03. The molecule has 0 unspecified atom stereocenters. The second-order valence-electron chi connectivity index (χ2n) is 6.43. The molecule has 27 heavy (non-hydrogen) atoms. The molecule has 0 saturated carbocycles. The Labute approximate surface area is 156 Å². The Bertz CT molecular complexity index is 830. The zero-order chi connectivity index (χ0) is 19.4. The molecular weight excluding hydrogens is 350 g/mol. The normalized spacial score (nSPS) is 14.7. The van der Waals surface area contributed by atoms with E-state index in [9.17, 15) is 14.9 Å². The smallest absolute Gasteiger partial charge is 0.339 e. The summed E-state index contributed by atoms with van der Waals surface area (Å²) in [7, 11) is 1.22. The van der Waals surface area contributed by atoms with Crippen molar-refractivity contribution < 1.29 is 19.2 Å². The van der Waals surface area contributed by atoms with Crippen LogP contribution in [0.15, 0.2) is 36.5 Å². The van der Waals surface area contributed by atoms with Crippen LogP contribution in [0.4, 0.5) is 11.5 Å². The molecule has 1 aliphatic heterocycles. The molecule has 1 aromatic heterocycles. The summed E-state index contributed by atoms with van der Waals surface area (Å²) in [5, 5.41) is 11.4. The van der Waals surface area contributed by atoms with Crippen LogP contribution < -0.4 is 9.64 Å². The number of nitrogens with zero attached hydrogens (tertiary/aromatic N) is 3. The average Bonchev–Trinajstić information content (AvgIpc) is 2.69. The molecule has 142 valence electrons. The van der Waals surface area contributed by atoms with E-state index in [1.165, 1.54) is 24.9 Å². The lowest BCUT2D eigenvalue weighted by Crippen LogP contribution is -2.39. The number of rotatable bonds is 5. The van der Waals surface area contributed by atoms with Crippen molar-refractivity contribution in [1.29, 1.82) is 0 Å². The number of ether oxygens (including phenoxy) is 2. The van der Waals surface area contributed by atoms with Crippen molar-refractivity contribution in [2.24, 2.45) is 0 Å². The summed E-state index contributed by atoms with van der Waals surface area (Å²) < 4.78 is 10.6. The monoisotopic (exact) mass is 371 g/mol. The number of aromatic nitrogens is 1. The summed E-state index contributed by atoms with van der Waals surface area (Å²) >= 11 is 0. The van der Waals surface area contributed by atoms with Crippen molar-refractivity contribution in [3.05, 3.63) is 57.8 Å². The molecule has 0 bridgehead atoms. The molecule has 1 aromatic carbocycles. The van der Waals surface area contributed by atoms with Crippen molar-refractivity contribution in [1.82, 2.24) is 4.98 Å². The Morgan fingerprint density at radius 1 is 1.26 bits per heavy atom. The average molecular weight is 371 g/mol. The van der Waals surface area contributed by atoms with Gasteiger partial charge in [-0.2, -0.15) is 0 Å². The number of hydrogen-bond donors (Lipinski definition) is 0. The van der Waals surface area contributed by atoms with Crippen LogP contribution in [0.2, 0.25) is 0 Å². The largest absolute Gasteiger partial charge is 0.490 e. The van der Waals surface area contributed by atoms with Gasteiger partial charge in [0.2, 0.25) is 5.82 Å². The maximum Gasteiger partial charge on any atom is 0.339 e. The molecule has 3 rings (SSSR count). The van der Waals surface area contributed by atoms with Gasteiger partial charge < -0.3 is 14.4 Å². The molecule has 1 fully saturated rings. The van der Waals surface area contributed by atoms with Crippen LogP contribution in [0.1, 0.15) is 28.8 Å². The topological polar surface area (TPSA) is 94.8 Å². The first-order chi connectivity index (χ1) is 13.0. The maximum absolute atomic E-state index is 11.6. The lowest BCUT2D eigenvalue weighted by atomic mass is 10.1. The Morgan fingerprint density at radius 3 is 2.52 bits per heavy atom. The maximum atomic E-state index is 11.6. The molecule has 0 amide bonds. The number of hydrogen-bond acceptors (Lipinski definition) is 7. The Morgan fingerprint density at radius 2 is 1.93 bits per heavy atom. The van der Waals surface area contributed by atoms with Crippen LogP contribution in [0.5, 0.6) is 5.75 Å². The number of benzene rings is 1. The number of anilines is 1. The van der Waals surface area contributed by atoms with Gasteiger partial charge in [-0.25, -0.2) is 9.78 Å². The van der Waals surface area contributed by atoms with Crippen LogP contribution in [-0.4, -0.2) is 42.2 Å². The molecule has 0 aliphatic carbocycles. The first-order valence-corrected chi connectivity index (χ1v) is 8.69. The van der Waals surface area contributed by atoms with Gasteiger partial charge in [-0.15, -0.1) is 0 Å². The highest BCUT2D eigenvalue weighted by atomic mass is 16.6. The van der Waals surface area contributed by atoms with E-state index in [2.05, 4.69) is 9.72 Å². The summed E-state index contributed by atoms with van der Waals surface area (Å²) in [4.78, 5) is 28.5. The zero-order valence-electron chi connectivity index (χ0n) is 15.3. The standard InChI is InChI=1S/C19H21N3O5/c1-13-3-5-15(6-4-13)27-16-7-9-21(10-8-16)18-17(22(24)25)11-14(12-20-18)19(23)26-2/h3-6,11-12,16H,7-10H2,1-2H3. The van der Waals surface area contributed by atoms with Crippen LogP contribution in [0.25, 0.3) is 0 Å². The number of nitro groups is 1. The van der Waals surface area contributed by atoms with E-state index in [-0.39, 0.29) is 23.2 Å². The van der Waals surface area contributed by atoms with Crippen LogP contribution >= 0.6 is 0 Å². The third-order valence-corrected chi connectivity index (χ3v) is 4.53. The second-order valence-corrected chi connectivity index (χ2v) is 6.43. The Hall–Kier alpha value is -3.16. The predicted octanol–water partition coefficient (Wildman–Crippen LogP) is 3.13. The number of esters is 1. The van der Waals surface area contributed by atoms with E-state index < -0.39 is 10.9 Å². The SMILES string of the molecule is COC(=O)c1cnc(N2CCC(Oc3ccc(C)cc3)CC2)c([N+](=O)[O-])c1. The van der Waals surface area contributed by atoms with Crippen LogP contribution in [0.3, 0.4) is 0 Å². The minimum atomic E-state index is -0.651. The lowest BCUT2D eigenvalue weighted by Gasteiger charge is -2.32. The third-order valence-electron chi connectivity index (χ3n) is 4.53. The highest BCUT2D eigenvalue weighted by Crippen LogP contribution is 2.30. The minimum absolute atomic E-state index is 0.0531. The number of piperidine rings is 1. The molecule has 8 heteroatoms. The molecule has 2 heterocycles. The number of methoxy groups -OCH3 is 1. The van der Waals surface area contributed by atoms with Crippen molar-refractivity contribution in [2.75, 3.05) is 25.1 Å². The fraction of sp³-hybridized carbons (Fsp3) is 0.368. The first-order valence-electron chi connectivity index (χ1n) is 8.69. The van der Waals surface area contributed by atoms with E-state index in [1.54, 1.807) is 0 Å². The molecule has 0 N–H and O–H groups in total. The molecule has 0 radical (unpaired) electrons. The fourth-order valence-electron chi connectivity index (χ4n) is 3.05. The van der Waals surface area contributed by atoms with E-state index in [0.717, 1.165) is 18.6 Å². The van der Waals surface area contributed by atoms with Gasteiger partial charge in [0.1, 0.15) is 11.9 Å². The van der Waals surface area contributed by atoms with E-state index in [1.807, 2.05) is 36.1 Å². The van der Waals surface area contributed by atoms with Crippen LogP contribution in [-0.2, 0) is 4.74 Å². The van der Waals surface area contributed by atoms with Gasteiger partial charge in [0.05, 0.1) is 17.6 Å². The second kappa shape index (κ2) is 8.03. The first kappa shape index (κ1) is 18.6. The van der Waals surface area contributed by atoms with Gasteiger partial charge in [-0.05, 0) is 19.1 Å². The molecular formula is C19H21N3O5. The lowest BCUT2D eigenvalue weighted by molar-refractivity contribution is -0.384. The molecule has 2 aromatic rings. The molecule has 1 aliphatic rings. The van der Waals surface area contributed by atoms with Gasteiger partial charge in [0, 0.05) is 38.2 Å². The van der Waals surface area contributed by atoms with E-state index in [4.69, 9.17) is 4.74 Å². The van der Waals surface area contributed by atoms with Gasteiger partial charge in [-0.3, -0.25) is 10.1 Å². The highest BCUT2D eigenvalue weighted by Gasteiger charge is 2.28. The van der Waals surface area contributed by atoms with Crippen molar-refractivity contribution >= 4 is 17.5 Å². The molecule has 8 nitrogen and oxygen atoms in total. The van der Waals surface area contributed by atoms with Gasteiger partial charge in [0.15, 0.2) is 0 Å². The van der Waals surface area contributed by atoms with Crippen molar-refractivity contribution in [3.8, 4) is 5.75 Å². The Balaban J connectivity index is 1.69. The summed E-state index contributed by atoms with van der Waals surface area (Å²) in [6.45, 7) is 3.19. The van der Waals surface area contributed by atoms with Crippen molar-refractivity contribution in [2.45, 2.75) is 25.9 Å². The highest BCUT2D eigenvalue weighted by molar-refractivity contribution is 5.90. The Kier molecular flexibility index (Phi) is 5.54. The fourth-order valence-corrected chi connectivity index (χ4v) is 3.05. The molecule has 0 spiro atoms. The molecule has 1 saturated heterocycles. The van der Waals surface area contributed by atoms with E-state index in [0.29, 0.717) is 13.1 Å².